The molecule has 1 aromatic rings. The zero-order valence-corrected chi connectivity index (χ0v) is 8.46. The monoisotopic (exact) mass is 193 g/mol. The average Bonchev–Trinajstić information content (AvgIpc) is 2.89. The van der Waals surface area contributed by atoms with Crippen LogP contribution in [0.1, 0.15) is 25.3 Å². The van der Waals surface area contributed by atoms with Gasteiger partial charge in [0.15, 0.2) is 0 Å². The van der Waals surface area contributed by atoms with Crippen molar-refractivity contribution in [2.24, 2.45) is 11.1 Å². The van der Waals surface area contributed by atoms with Crippen LogP contribution >= 0.6 is 0 Å². The third-order valence-corrected chi connectivity index (χ3v) is 3.30. The van der Waals surface area contributed by atoms with Gasteiger partial charge >= 0.3 is 0 Å². The minimum Gasteiger partial charge on any atom is -0.327 e. The third kappa shape index (κ3) is 1.95. The zero-order chi connectivity index (χ0) is 10.2. The summed E-state index contributed by atoms with van der Waals surface area (Å²) in [6.07, 6.45) is 3.32. The molecule has 2 N–H and O–H groups in total. The highest BCUT2D eigenvalue weighted by Crippen LogP contribution is 2.48. The van der Waals surface area contributed by atoms with Crippen LogP contribution in [-0.2, 0) is 6.42 Å². The maximum Gasteiger partial charge on any atom is 0.123 e. The first kappa shape index (κ1) is 9.66. The van der Waals surface area contributed by atoms with Crippen molar-refractivity contribution in [1.82, 2.24) is 0 Å². The van der Waals surface area contributed by atoms with Crippen LogP contribution in [0, 0.1) is 11.2 Å². The van der Waals surface area contributed by atoms with Gasteiger partial charge in [-0.1, -0.05) is 19.1 Å². The summed E-state index contributed by atoms with van der Waals surface area (Å²) in [6, 6.07) is 6.85. The van der Waals surface area contributed by atoms with E-state index in [0.29, 0.717) is 5.41 Å². The van der Waals surface area contributed by atoms with Gasteiger partial charge in [0.2, 0.25) is 0 Å². The van der Waals surface area contributed by atoms with E-state index in [4.69, 9.17) is 5.73 Å². The standard InChI is InChI=1S/C12H16FN/c1-12(6-7-12)11(14)8-9-2-4-10(13)5-3-9/h2-5,11H,6-8,14H2,1H3. The van der Waals surface area contributed by atoms with Gasteiger partial charge in [-0.15, -0.1) is 0 Å². The van der Waals surface area contributed by atoms with E-state index in [2.05, 4.69) is 6.92 Å². The molecule has 1 nitrogen and oxygen atoms in total. The van der Waals surface area contributed by atoms with E-state index in [1.165, 1.54) is 25.0 Å². The highest BCUT2D eigenvalue weighted by atomic mass is 19.1. The van der Waals surface area contributed by atoms with Crippen LogP contribution < -0.4 is 5.73 Å². The fourth-order valence-electron chi connectivity index (χ4n) is 1.69. The van der Waals surface area contributed by atoms with Crippen molar-refractivity contribution in [2.75, 3.05) is 0 Å². The Balaban J connectivity index is 2.00. The fourth-order valence-corrected chi connectivity index (χ4v) is 1.69. The lowest BCUT2D eigenvalue weighted by Gasteiger charge is -2.18. The quantitative estimate of drug-likeness (QED) is 0.784. The minimum absolute atomic E-state index is 0.181. The van der Waals surface area contributed by atoms with Crippen molar-refractivity contribution in [3.05, 3.63) is 35.6 Å². The number of benzene rings is 1. The van der Waals surface area contributed by atoms with Crippen LogP contribution in [0.15, 0.2) is 24.3 Å². The Bertz CT molecular complexity index is 314. The lowest BCUT2D eigenvalue weighted by atomic mass is 9.93. The predicted molar refractivity (Wildman–Crippen MR) is 55.4 cm³/mol. The molecule has 0 spiro atoms. The molecule has 0 heterocycles. The molecular weight excluding hydrogens is 177 g/mol. The molecule has 1 fully saturated rings. The Morgan fingerprint density at radius 1 is 1.36 bits per heavy atom. The van der Waals surface area contributed by atoms with E-state index in [9.17, 15) is 4.39 Å². The Labute approximate surface area is 84.1 Å². The molecule has 0 aromatic heterocycles. The topological polar surface area (TPSA) is 26.0 Å². The molecule has 14 heavy (non-hydrogen) atoms. The highest BCUT2D eigenvalue weighted by molar-refractivity contribution is 5.18. The van der Waals surface area contributed by atoms with Crippen LogP contribution in [0.4, 0.5) is 4.39 Å². The summed E-state index contributed by atoms with van der Waals surface area (Å²) in [5, 5.41) is 0. The van der Waals surface area contributed by atoms with Crippen LogP contribution in [0.25, 0.3) is 0 Å². The lowest BCUT2D eigenvalue weighted by molar-refractivity contribution is 0.433. The molecule has 2 heteroatoms. The van der Waals surface area contributed by atoms with Gasteiger partial charge in [-0.25, -0.2) is 4.39 Å². The molecule has 1 aromatic carbocycles. The maximum absolute atomic E-state index is 12.6. The molecule has 1 saturated carbocycles. The van der Waals surface area contributed by atoms with Gasteiger partial charge in [0, 0.05) is 6.04 Å². The summed E-state index contributed by atoms with van der Waals surface area (Å²) in [7, 11) is 0. The highest BCUT2D eigenvalue weighted by Gasteiger charge is 2.42. The van der Waals surface area contributed by atoms with Crippen molar-refractivity contribution in [3.8, 4) is 0 Å². The Morgan fingerprint density at radius 3 is 2.43 bits per heavy atom. The van der Waals surface area contributed by atoms with E-state index in [1.807, 2.05) is 12.1 Å². The summed E-state index contributed by atoms with van der Waals surface area (Å²) >= 11 is 0. The minimum atomic E-state index is -0.181. The van der Waals surface area contributed by atoms with Gasteiger partial charge < -0.3 is 5.73 Å². The molecule has 1 atom stereocenters. The van der Waals surface area contributed by atoms with E-state index < -0.39 is 0 Å². The Morgan fingerprint density at radius 2 is 1.93 bits per heavy atom. The van der Waals surface area contributed by atoms with Crippen molar-refractivity contribution in [1.29, 1.82) is 0 Å². The molecule has 0 bridgehead atoms. The third-order valence-electron chi connectivity index (χ3n) is 3.30. The van der Waals surface area contributed by atoms with Crippen LogP contribution in [0.5, 0.6) is 0 Å². The number of hydrogen-bond donors (Lipinski definition) is 1. The zero-order valence-electron chi connectivity index (χ0n) is 8.46. The first-order chi connectivity index (χ1) is 6.60. The van der Waals surface area contributed by atoms with Crippen molar-refractivity contribution in [3.63, 3.8) is 0 Å². The molecule has 0 amide bonds. The summed E-state index contributed by atoms with van der Waals surface area (Å²) in [6.45, 7) is 2.22. The van der Waals surface area contributed by atoms with E-state index in [1.54, 1.807) is 0 Å². The molecule has 2 rings (SSSR count). The number of hydrogen-bond acceptors (Lipinski definition) is 1. The van der Waals surface area contributed by atoms with Crippen LogP contribution in [-0.4, -0.2) is 6.04 Å². The number of halogens is 1. The van der Waals surface area contributed by atoms with Gasteiger partial charge in [-0.2, -0.15) is 0 Å². The van der Waals surface area contributed by atoms with Gasteiger partial charge in [0.1, 0.15) is 5.82 Å². The van der Waals surface area contributed by atoms with Crippen molar-refractivity contribution in [2.45, 2.75) is 32.2 Å². The summed E-state index contributed by atoms with van der Waals surface area (Å²) < 4.78 is 12.6. The second kappa shape index (κ2) is 3.35. The SMILES string of the molecule is CC1(C(N)Cc2ccc(F)cc2)CC1. The summed E-state index contributed by atoms with van der Waals surface area (Å²) in [4.78, 5) is 0. The molecule has 0 aliphatic heterocycles. The second-order valence-corrected chi connectivity index (χ2v) is 4.59. The molecule has 0 radical (unpaired) electrons. The maximum atomic E-state index is 12.6. The first-order valence-electron chi connectivity index (χ1n) is 5.10. The second-order valence-electron chi connectivity index (χ2n) is 4.59. The predicted octanol–water partition coefficient (Wildman–Crippen LogP) is 2.50. The van der Waals surface area contributed by atoms with Crippen LogP contribution in [0.3, 0.4) is 0 Å². The normalized spacial score (nSPS) is 20.5. The Hall–Kier alpha value is -0.890. The van der Waals surface area contributed by atoms with E-state index >= 15 is 0 Å². The van der Waals surface area contributed by atoms with Gasteiger partial charge in [-0.05, 0) is 42.4 Å². The molecule has 0 saturated heterocycles. The van der Waals surface area contributed by atoms with E-state index in [0.717, 1.165) is 12.0 Å². The largest absolute Gasteiger partial charge is 0.327 e. The van der Waals surface area contributed by atoms with E-state index in [-0.39, 0.29) is 11.9 Å². The summed E-state index contributed by atoms with van der Waals surface area (Å²) in [5.74, 6) is -0.181. The number of rotatable bonds is 3. The van der Waals surface area contributed by atoms with Gasteiger partial charge in [0.05, 0.1) is 0 Å². The van der Waals surface area contributed by atoms with Crippen LogP contribution in [0.2, 0.25) is 0 Å². The lowest BCUT2D eigenvalue weighted by Crippen LogP contribution is -2.31. The first-order valence-corrected chi connectivity index (χ1v) is 5.10. The molecule has 1 unspecified atom stereocenters. The van der Waals surface area contributed by atoms with Crippen molar-refractivity contribution >= 4 is 0 Å². The van der Waals surface area contributed by atoms with Crippen molar-refractivity contribution < 1.29 is 4.39 Å². The molecule has 76 valence electrons. The molecule has 1 aliphatic carbocycles. The molecular formula is C12H16FN. The average molecular weight is 193 g/mol. The molecule has 1 aliphatic rings. The van der Waals surface area contributed by atoms with Gasteiger partial charge in [-0.3, -0.25) is 0 Å². The van der Waals surface area contributed by atoms with Gasteiger partial charge in [0.25, 0.3) is 0 Å². The Kier molecular flexibility index (Phi) is 2.31. The summed E-state index contributed by atoms with van der Waals surface area (Å²) in [5.41, 5.74) is 7.56. The number of nitrogens with two attached hydrogens (primary N) is 1. The smallest absolute Gasteiger partial charge is 0.123 e. The fraction of sp³-hybridized carbons (Fsp3) is 0.500.